The van der Waals surface area contributed by atoms with Crippen LogP contribution in [0.3, 0.4) is 0 Å². The van der Waals surface area contributed by atoms with Crippen LogP contribution in [0.25, 0.3) is 0 Å². The number of hydrogen-bond donors (Lipinski definition) is 0. The van der Waals surface area contributed by atoms with Gasteiger partial charge in [0.2, 0.25) is 0 Å². The summed E-state index contributed by atoms with van der Waals surface area (Å²) in [5.74, 6) is 0. The van der Waals surface area contributed by atoms with Crippen molar-refractivity contribution in [3.05, 3.63) is 16.2 Å². The third-order valence-corrected chi connectivity index (χ3v) is 6.28. The van der Waals surface area contributed by atoms with Crippen LogP contribution < -0.4 is 0 Å². The molecule has 0 amide bonds. The van der Waals surface area contributed by atoms with Crippen molar-refractivity contribution in [3.8, 4) is 0 Å². The molecule has 2 saturated carbocycles. The molecule has 18 heavy (non-hydrogen) atoms. The van der Waals surface area contributed by atoms with Crippen molar-refractivity contribution in [1.82, 2.24) is 9.13 Å². The molecule has 0 radical (unpaired) electrons. The summed E-state index contributed by atoms with van der Waals surface area (Å²) in [7, 11) is 0. The monoisotopic (exact) mass is 416 g/mol. The fourth-order valence-corrected chi connectivity index (χ4v) is 5.19. The molecule has 2 fully saturated rings. The SMILES string of the molecule is [W]=[c]1n(C2CCCCC2)ccn1C1CCCCC1. The zero-order valence-corrected chi connectivity index (χ0v) is 14.1. The van der Waals surface area contributed by atoms with E-state index in [0.717, 1.165) is 12.1 Å². The molecule has 0 N–H and O–H groups in total. The summed E-state index contributed by atoms with van der Waals surface area (Å²) in [6.07, 6.45) is 19.0. The standard InChI is InChI=1S/C15H24N2.W/c1-3-7-14(8-4-1)16-11-12-17(13-16)15-9-5-2-6-10-15;/h11-12,14-15H,1-10H2;. The molecule has 100 valence electrons. The maximum absolute atomic E-state index is 2.60. The van der Waals surface area contributed by atoms with E-state index in [1.807, 2.05) is 0 Å². The Morgan fingerprint density at radius 2 is 1.11 bits per heavy atom. The number of hydrogen-bond acceptors (Lipinski definition) is 0. The van der Waals surface area contributed by atoms with Gasteiger partial charge in [0.05, 0.1) is 0 Å². The molecule has 3 rings (SSSR count). The summed E-state index contributed by atoms with van der Waals surface area (Å²) in [5, 5.41) is 0. The van der Waals surface area contributed by atoms with Crippen LogP contribution in [-0.2, 0) is 19.4 Å². The third kappa shape index (κ3) is 2.59. The average molecular weight is 416 g/mol. The van der Waals surface area contributed by atoms with Crippen LogP contribution in [0.15, 0.2) is 12.4 Å². The van der Waals surface area contributed by atoms with Crippen LogP contribution >= 0.6 is 0 Å². The Bertz CT molecular complexity index is 395. The predicted molar refractivity (Wildman–Crippen MR) is 69.9 cm³/mol. The summed E-state index contributed by atoms with van der Waals surface area (Å²) in [6, 6.07) is 1.60. The summed E-state index contributed by atoms with van der Waals surface area (Å²) in [6.45, 7) is 0. The molecule has 3 heteroatoms. The van der Waals surface area contributed by atoms with E-state index in [9.17, 15) is 0 Å². The van der Waals surface area contributed by atoms with Crippen molar-refractivity contribution in [2.75, 3.05) is 0 Å². The maximum atomic E-state index is 2.60. The van der Waals surface area contributed by atoms with Crippen LogP contribution in [-0.4, -0.2) is 9.13 Å². The summed E-state index contributed by atoms with van der Waals surface area (Å²) in [5.41, 5.74) is 0. The summed E-state index contributed by atoms with van der Waals surface area (Å²) < 4.78 is 6.78. The zero-order chi connectivity index (χ0) is 12.4. The van der Waals surface area contributed by atoms with Gasteiger partial charge in [0.25, 0.3) is 0 Å². The van der Waals surface area contributed by atoms with Gasteiger partial charge < -0.3 is 0 Å². The first-order chi connectivity index (χ1) is 8.86. The van der Waals surface area contributed by atoms with Crippen molar-refractivity contribution in [2.24, 2.45) is 0 Å². The van der Waals surface area contributed by atoms with E-state index in [0.29, 0.717) is 0 Å². The molecule has 0 aromatic carbocycles. The van der Waals surface area contributed by atoms with Gasteiger partial charge in [0, 0.05) is 0 Å². The molecule has 2 aliphatic rings. The Kier molecular flexibility index (Phi) is 4.23. The quantitative estimate of drug-likeness (QED) is 0.678. The van der Waals surface area contributed by atoms with Crippen molar-refractivity contribution < 1.29 is 19.4 Å². The molecule has 1 aromatic heterocycles. The third-order valence-electron chi connectivity index (χ3n) is 4.77. The predicted octanol–water partition coefficient (Wildman–Crippen LogP) is 4.38. The number of rotatable bonds is 2. The van der Waals surface area contributed by atoms with Gasteiger partial charge in [0.1, 0.15) is 0 Å². The molecule has 1 heterocycles. The van der Waals surface area contributed by atoms with E-state index in [1.165, 1.54) is 64.2 Å². The second-order valence-electron chi connectivity index (χ2n) is 5.98. The van der Waals surface area contributed by atoms with Crippen molar-refractivity contribution >= 4 is 0 Å². The van der Waals surface area contributed by atoms with E-state index in [-0.39, 0.29) is 0 Å². The van der Waals surface area contributed by atoms with Crippen LogP contribution in [0.5, 0.6) is 0 Å². The van der Waals surface area contributed by atoms with E-state index in [1.54, 1.807) is 23.2 Å². The molecule has 1 aromatic rings. The van der Waals surface area contributed by atoms with Crippen molar-refractivity contribution in [2.45, 2.75) is 76.3 Å². The van der Waals surface area contributed by atoms with Crippen LogP contribution in [0.2, 0.25) is 0 Å². The number of imidazole rings is 1. The van der Waals surface area contributed by atoms with E-state index >= 15 is 0 Å². The van der Waals surface area contributed by atoms with Gasteiger partial charge in [-0.1, -0.05) is 0 Å². The molecule has 2 nitrogen and oxygen atoms in total. The Morgan fingerprint density at radius 3 is 1.50 bits per heavy atom. The molecule has 0 unspecified atom stereocenters. The zero-order valence-electron chi connectivity index (χ0n) is 11.2. The molecule has 0 atom stereocenters. The minimum atomic E-state index is 0.802. The Morgan fingerprint density at radius 1 is 0.722 bits per heavy atom. The van der Waals surface area contributed by atoms with Gasteiger partial charge in [-0.3, -0.25) is 0 Å². The molecule has 0 saturated heterocycles. The second kappa shape index (κ2) is 5.90. The molecule has 2 aliphatic carbocycles. The Hall–Kier alpha value is -0.102. The summed E-state index contributed by atoms with van der Waals surface area (Å²) >= 11 is 1.64. The van der Waals surface area contributed by atoms with Gasteiger partial charge in [-0.2, -0.15) is 0 Å². The van der Waals surface area contributed by atoms with Crippen molar-refractivity contribution in [1.29, 1.82) is 0 Å². The average Bonchev–Trinajstić information content (AvgIpc) is 2.83. The minimum absolute atomic E-state index is 0.802. The first-order valence-corrected chi connectivity index (χ1v) is 9.12. The van der Waals surface area contributed by atoms with E-state index < -0.39 is 0 Å². The van der Waals surface area contributed by atoms with Crippen LogP contribution in [0.4, 0.5) is 0 Å². The Labute approximate surface area is 121 Å². The van der Waals surface area contributed by atoms with E-state index in [2.05, 4.69) is 21.5 Å². The normalized spacial score (nSPS) is 23.3. The Balaban J connectivity index is 1.80. The van der Waals surface area contributed by atoms with Gasteiger partial charge >= 0.3 is 121 Å². The first-order valence-electron chi connectivity index (χ1n) is 7.65. The van der Waals surface area contributed by atoms with E-state index in [4.69, 9.17) is 0 Å². The fraction of sp³-hybridized carbons (Fsp3) is 0.800. The van der Waals surface area contributed by atoms with Gasteiger partial charge in [0.15, 0.2) is 0 Å². The number of aromatic nitrogens is 2. The summed E-state index contributed by atoms with van der Waals surface area (Å²) in [4.78, 5) is 0. The molecule has 0 spiro atoms. The molecular weight excluding hydrogens is 392 g/mol. The van der Waals surface area contributed by atoms with Gasteiger partial charge in [-0.15, -0.1) is 0 Å². The molecule has 0 aliphatic heterocycles. The molecule has 0 bridgehead atoms. The molecular formula is C15H24N2W. The van der Waals surface area contributed by atoms with Gasteiger partial charge in [-0.05, 0) is 0 Å². The first kappa shape index (κ1) is 12.9. The van der Waals surface area contributed by atoms with Gasteiger partial charge in [-0.25, -0.2) is 0 Å². The van der Waals surface area contributed by atoms with Crippen LogP contribution in [0, 0.1) is 3.80 Å². The van der Waals surface area contributed by atoms with Crippen LogP contribution in [0.1, 0.15) is 76.3 Å². The fourth-order valence-electron chi connectivity index (χ4n) is 3.68. The topological polar surface area (TPSA) is 9.86 Å². The number of nitrogens with zero attached hydrogens (tertiary/aromatic N) is 2. The second-order valence-corrected chi connectivity index (χ2v) is 7.29. The van der Waals surface area contributed by atoms with Crippen molar-refractivity contribution in [3.63, 3.8) is 0 Å².